The van der Waals surface area contributed by atoms with Gasteiger partial charge >= 0.3 is 12.3 Å². The van der Waals surface area contributed by atoms with Crippen LogP contribution in [0.25, 0.3) is 0 Å². The summed E-state index contributed by atoms with van der Waals surface area (Å²) in [6.45, 7) is 0. The van der Waals surface area contributed by atoms with Crippen LogP contribution >= 0.6 is 0 Å². The van der Waals surface area contributed by atoms with E-state index in [-0.39, 0.29) is 12.1 Å². The predicted octanol–water partition coefficient (Wildman–Crippen LogP) is 3.56. The lowest BCUT2D eigenvalue weighted by atomic mass is 9.82. The van der Waals surface area contributed by atoms with E-state index < -0.39 is 29.4 Å². The summed E-state index contributed by atoms with van der Waals surface area (Å²) in [6.07, 6.45) is -2.49. The summed E-state index contributed by atoms with van der Waals surface area (Å²) in [5.74, 6) is -1.86. The van der Waals surface area contributed by atoms with E-state index in [1.165, 1.54) is 12.1 Å². The highest BCUT2D eigenvalue weighted by atomic mass is 19.4. The van der Waals surface area contributed by atoms with Gasteiger partial charge in [0.2, 0.25) is 5.91 Å². The summed E-state index contributed by atoms with van der Waals surface area (Å²) in [5.41, 5.74) is -0.758. The molecule has 0 unspecified atom stereocenters. The molecule has 2 rings (SSSR count). The second-order valence-corrected chi connectivity index (χ2v) is 5.59. The summed E-state index contributed by atoms with van der Waals surface area (Å²) < 4.78 is 39.9. The zero-order valence-corrected chi connectivity index (χ0v) is 12.2. The van der Waals surface area contributed by atoms with E-state index in [4.69, 9.17) is 0 Å². The van der Waals surface area contributed by atoms with Gasteiger partial charge in [0, 0.05) is 12.1 Å². The number of carboxylic acids is 1. The number of carbonyl (C=O) groups is 2. The van der Waals surface area contributed by atoms with Crippen molar-refractivity contribution in [1.82, 2.24) is 0 Å². The molecule has 1 aromatic carbocycles. The molecule has 1 aliphatic carbocycles. The summed E-state index contributed by atoms with van der Waals surface area (Å²) in [6, 6.07) is 4.68. The number of hydrogen-bond acceptors (Lipinski definition) is 3. The maximum atomic E-state index is 12.0. The van der Waals surface area contributed by atoms with Crippen LogP contribution in [0.15, 0.2) is 24.3 Å². The van der Waals surface area contributed by atoms with Gasteiger partial charge < -0.3 is 15.2 Å². The number of aliphatic carboxylic acids is 1. The van der Waals surface area contributed by atoms with Gasteiger partial charge in [-0.05, 0) is 37.1 Å². The maximum Gasteiger partial charge on any atom is 0.573 e. The molecule has 5 nitrogen and oxygen atoms in total. The van der Waals surface area contributed by atoms with Crippen LogP contribution in [-0.4, -0.2) is 23.3 Å². The molecule has 8 heteroatoms. The molecule has 1 aliphatic rings. The third-order valence-electron chi connectivity index (χ3n) is 3.88. The Balaban J connectivity index is 1.96. The average molecular weight is 331 g/mol. The van der Waals surface area contributed by atoms with Gasteiger partial charge in [-0.1, -0.05) is 12.8 Å². The van der Waals surface area contributed by atoms with Crippen molar-refractivity contribution in [3.8, 4) is 5.75 Å². The quantitative estimate of drug-likeness (QED) is 0.865. The number of halogens is 3. The number of benzene rings is 1. The van der Waals surface area contributed by atoms with E-state index in [0.29, 0.717) is 12.8 Å². The molecule has 23 heavy (non-hydrogen) atoms. The number of nitrogens with one attached hydrogen (secondary N) is 1. The minimum atomic E-state index is -4.78. The highest BCUT2D eigenvalue weighted by Crippen LogP contribution is 2.41. The van der Waals surface area contributed by atoms with Crippen molar-refractivity contribution in [3.05, 3.63) is 24.3 Å². The van der Waals surface area contributed by atoms with Crippen LogP contribution in [0.1, 0.15) is 32.1 Å². The fraction of sp³-hybridized carbons (Fsp3) is 0.467. The van der Waals surface area contributed by atoms with E-state index >= 15 is 0 Å². The summed E-state index contributed by atoms with van der Waals surface area (Å²) in [7, 11) is 0. The molecule has 0 aliphatic heterocycles. The normalized spacial score (nSPS) is 16.8. The van der Waals surface area contributed by atoms with Crippen LogP contribution in [0.2, 0.25) is 0 Å². The molecule has 1 saturated carbocycles. The highest BCUT2D eigenvalue weighted by Gasteiger charge is 2.43. The van der Waals surface area contributed by atoms with E-state index in [1.807, 2.05) is 0 Å². The molecule has 0 saturated heterocycles. The minimum Gasteiger partial charge on any atom is -0.481 e. The lowest BCUT2D eigenvalue weighted by Crippen LogP contribution is -2.32. The van der Waals surface area contributed by atoms with Gasteiger partial charge in [0.1, 0.15) is 5.75 Å². The second-order valence-electron chi connectivity index (χ2n) is 5.59. The third kappa shape index (κ3) is 4.61. The second kappa shape index (κ2) is 6.47. The van der Waals surface area contributed by atoms with Gasteiger partial charge in [-0.2, -0.15) is 0 Å². The molecule has 0 aromatic heterocycles. The van der Waals surface area contributed by atoms with Crippen LogP contribution in [0.4, 0.5) is 18.9 Å². The van der Waals surface area contributed by atoms with Crippen molar-refractivity contribution in [2.75, 3.05) is 5.32 Å². The summed E-state index contributed by atoms with van der Waals surface area (Å²) in [5, 5.41) is 11.8. The number of rotatable bonds is 5. The maximum absolute atomic E-state index is 12.0. The molecule has 0 heterocycles. The molecule has 0 radical (unpaired) electrons. The monoisotopic (exact) mass is 331 g/mol. The van der Waals surface area contributed by atoms with Gasteiger partial charge in [0.25, 0.3) is 0 Å². The molecule has 2 N–H and O–H groups in total. The van der Waals surface area contributed by atoms with Crippen LogP contribution in [0.3, 0.4) is 0 Å². The molecule has 1 aromatic rings. The number of ether oxygens (including phenoxy) is 1. The first-order valence-corrected chi connectivity index (χ1v) is 7.09. The molecule has 126 valence electrons. The number of alkyl halides is 3. The number of hydrogen-bond donors (Lipinski definition) is 2. The number of carboxylic acid groups (broad SMARTS) is 1. The third-order valence-corrected chi connectivity index (χ3v) is 3.88. The summed E-state index contributed by atoms with van der Waals surface area (Å²) in [4.78, 5) is 23.4. The number of amides is 1. The lowest BCUT2D eigenvalue weighted by Gasteiger charge is -2.22. The molecule has 0 bridgehead atoms. The molecular weight excluding hydrogens is 315 g/mol. The van der Waals surface area contributed by atoms with Crippen LogP contribution in [0, 0.1) is 5.41 Å². The van der Waals surface area contributed by atoms with Crippen molar-refractivity contribution in [3.63, 3.8) is 0 Å². The van der Waals surface area contributed by atoms with Crippen molar-refractivity contribution < 1.29 is 32.6 Å². The Hall–Kier alpha value is -2.25. The minimum absolute atomic E-state index is 0.150. The smallest absolute Gasteiger partial charge is 0.481 e. The molecule has 1 amide bonds. The van der Waals surface area contributed by atoms with Gasteiger partial charge in [0.05, 0.1) is 5.41 Å². The Labute approximate surface area is 130 Å². The molecule has 1 fully saturated rings. The first kappa shape index (κ1) is 17.1. The fourth-order valence-electron chi connectivity index (χ4n) is 2.77. The Bertz CT molecular complexity index is 577. The molecule has 0 spiro atoms. The van der Waals surface area contributed by atoms with Gasteiger partial charge in [-0.15, -0.1) is 13.2 Å². The van der Waals surface area contributed by atoms with E-state index in [9.17, 15) is 27.9 Å². The first-order valence-electron chi connectivity index (χ1n) is 7.09. The fourth-order valence-corrected chi connectivity index (χ4v) is 2.77. The number of carbonyl (C=O) groups excluding carboxylic acids is 1. The van der Waals surface area contributed by atoms with Gasteiger partial charge in [-0.3, -0.25) is 9.59 Å². The lowest BCUT2D eigenvalue weighted by molar-refractivity contribution is -0.274. The zero-order chi connectivity index (χ0) is 17.1. The Morgan fingerprint density at radius 2 is 1.74 bits per heavy atom. The van der Waals surface area contributed by atoms with Crippen molar-refractivity contribution >= 4 is 17.6 Å². The largest absolute Gasteiger partial charge is 0.573 e. The Kier molecular flexibility index (Phi) is 4.82. The first-order chi connectivity index (χ1) is 10.7. The predicted molar refractivity (Wildman–Crippen MR) is 74.9 cm³/mol. The number of anilines is 1. The Morgan fingerprint density at radius 3 is 2.22 bits per heavy atom. The van der Waals surface area contributed by atoms with E-state index in [0.717, 1.165) is 25.0 Å². The van der Waals surface area contributed by atoms with Crippen LogP contribution < -0.4 is 10.1 Å². The van der Waals surface area contributed by atoms with Gasteiger partial charge in [0.15, 0.2) is 0 Å². The molecular formula is C15H16F3NO4. The van der Waals surface area contributed by atoms with Crippen molar-refractivity contribution in [2.24, 2.45) is 5.41 Å². The topological polar surface area (TPSA) is 75.6 Å². The van der Waals surface area contributed by atoms with E-state index in [1.54, 1.807) is 0 Å². The van der Waals surface area contributed by atoms with Gasteiger partial charge in [-0.25, -0.2) is 0 Å². The highest BCUT2D eigenvalue weighted by molar-refractivity contribution is 5.94. The molecule has 0 atom stereocenters. The van der Waals surface area contributed by atoms with E-state index in [2.05, 4.69) is 10.1 Å². The van der Waals surface area contributed by atoms with Crippen molar-refractivity contribution in [2.45, 2.75) is 38.5 Å². The summed E-state index contributed by atoms with van der Waals surface area (Å²) >= 11 is 0. The Morgan fingerprint density at radius 1 is 1.17 bits per heavy atom. The van der Waals surface area contributed by atoms with Crippen LogP contribution in [-0.2, 0) is 9.59 Å². The zero-order valence-electron chi connectivity index (χ0n) is 12.2. The SMILES string of the molecule is O=C(CC1(C(=O)O)CCCC1)Nc1ccc(OC(F)(F)F)cc1. The standard InChI is InChI=1S/C15H16F3NO4/c16-15(17,18)23-11-5-3-10(4-6-11)19-12(20)9-14(13(21)22)7-1-2-8-14/h3-6H,1-2,7-9H2,(H,19,20)(H,21,22). The van der Waals surface area contributed by atoms with Crippen LogP contribution in [0.5, 0.6) is 5.75 Å². The van der Waals surface area contributed by atoms with Crippen molar-refractivity contribution in [1.29, 1.82) is 0 Å². The average Bonchev–Trinajstić information content (AvgIpc) is 2.89.